The summed E-state index contributed by atoms with van der Waals surface area (Å²) >= 11 is 0. The molecule has 0 atom stereocenters. The molecule has 1 aliphatic carbocycles. The lowest BCUT2D eigenvalue weighted by atomic mass is 9.93. The van der Waals surface area contributed by atoms with Crippen molar-refractivity contribution in [2.75, 3.05) is 48.8 Å². The molecule has 0 unspecified atom stereocenters. The van der Waals surface area contributed by atoms with E-state index in [9.17, 15) is 4.79 Å². The molecule has 1 amide bonds. The number of carbonyl (C=O) groups excluding carboxylic acids is 1. The lowest BCUT2D eigenvalue weighted by Crippen LogP contribution is -2.58. The fourth-order valence-electron chi connectivity index (χ4n) is 7.08. The van der Waals surface area contributed by atoms with Crippen molar-refractivity contribution in [3.05, 3.63) is 70.5 Å². The predicted octanol–water partition coefficient (Wildman–Crippen LogP) is 5.39. The maximum atomic E-state index is 13.7. The van der Waals surface area contributed by atoms with E-state index in [1.807, 2.05) is 19.3 Å². The molecule has 2 aromatic heterocycles. The number of carbonyl (C=O) groups is 1. The number of aromatic nitrogens is 4. The molecule has 2 aliphatic heterocycles. The summed E-state index contributed by atoms with van der Waals surface area (Å²) in [7, 11) is 3.57. The van der Waals surface area contributed by atoms with Gasteiger partial charge in [0.2, 0.25) is 5.95 Å². The van der Waals surface area contributed by atoms with Gasteiger partial charge in [-0.1, -0.05) is 32.0 Å². The standard InChI is InChI=1S/C35H42N8O2/c1-5-22-10-9-11-23(6-2)30(22)38-34(44)32-27-14-12-24-19-36-35(39-31(24)33(27)41(3)40-32)37-28-15-13-25(18-29(28)45-4)43-20-26(21-43)42-16-7-8-17-42/h9-11,13,15,18-19,26H,5-8,12,14,16-17,20-21H2,1-4H3,(H,38,44)(H,36,37,39). The van der Waals surface area contributed by atoms with Gasteiger partial charge in [-0.05, 0) is 80.4 Å². The fraction of sp³-hybridized carbons (Fsp3) is 0.429. The summed E-state index contributed by atoms with van der Waals surface area (Å²) in [5.41, 5.74) is 9.20. The van der Waals surface area contributed by atoms with Gasteiger partial charge < -0.3 is 20.3 Å². The summed E-state index contributed by atoms with van der Waals surface area (Å²) in [6.07, 6.45) is 7.65. The Morgan fingerprint density at radius 1 is 1.04 bits per heavy atom. The SMILES string of the molecule is CCc1cccc(CC)c1NC(=O)c1nn(C)c2c1CCc1cnc(Nc3ccc(N4CC(N5CCCC5)C4)cc3OC)nc1-2. The first-order chi connectivity index (χ1) is 22.0. The summed E-state index contributed by atoms with van der Waals surface area (Å²) in [5, 5.41) is 11.3. The Morgan fingerprint density at radius 3 is 2.51 bits per heavy atom. The van der Waals surface area contributed by atoms with Crippen LogP contribution in [0.5, 0.6) is 5.75 Å². The molecule has 2 aromatic carbocycles. The molecular weight excluding hydrogens is 564 g/mol. The van der Waals surface area contributed by atoms with Crippen molar-refractivity contribution >= 4 is 28.9 Å². The van der Waals surface area contributed by atoms with Crippen LogP contribution in [0.25, 0.3) is 11.4 Å². The number of fused-ring (bicyclic) bond motifs is 3. The first-order valence-corrected chi connectivity index (χ1v) is 16.3. The lowest BCUT2D eigenvalue weighted by molar-refractivity contribution is 0.102. The maximum absolute atomic E-state index is 13.7. The van der Waals surface area contributed by atoms with Gasteiger partial charge in [0.15, 0.2) is 5.69 Å². The topological polar surface area (TPSA) is 100 Å². The average Bonchev–Trinajstić information content (AvgIpc) is 3.69. The number of anilines is 4. The molecule has 3 aliphatic rings. The van der Waals surface area contributed by atoms with Crippen LogP contribution in [-0.4, -0.2) is 69.9 Å². The van der Waals surface area contributed by atoms with Gasteiger partial charge in [0.05, 0.1) is 24.2 Å². The van der Waals surface area contributed by atoms with Crippen molar-refractivity contribution < 1.29 is 9.53 Å². The van der Waals surface area contributed by atoms with Crippen LogP contribution in [0.3, 0.4) is 0 Å². The summed E-state index contributed by atoms with van der Waals surface area (Å²) < 4.78 is 7.57. The molecular formula is C35H42N8O2. The van der Waals surface area contributed by atoms with E-state index in [0.29, 0.717) is 24.1 Å². The Hall–Kier alpha value is -4.44. The third-order valence-electron chi connectivity index (χ3n) is 9.65. The van der Waals surface area contributed by atoms with Gasteiger partial charge in [-0.3, -0.25) is 14.4 Å². The highest BCUT2D eigenvalue weighted by molar-refractivity contribution is 6.06. The molecule has 2 saturated heterocycles. The van der Waals surface area contributed by atoms with E-state index in [1.165, 1.54) is 25.9 Å². The number of nitrogens with one attached hydrogen (secondary N) is 2. The fourth-order valence-corrected chi connectivity index (χ4v) is 7.08. The van der Waals surface area contributed by atoms with Crippen molar-refractivity contribution in [2.24, 2.45) is 7.05 Å². The van der Waals surface area contributed by atoms with Gasteiger partial charge in [0, 0.05) is 55.4 Å². The zero-order valence-electron chi connectivity index (χ0n) is 26.7. The summed E-state index contributed by atoms with van der Waals surface area (Å²) in [6.45, 7) is 8.79. The molecule has 0 saturated carbocycles. The van der Waals surface area contributed by atoms with Crippen molar-refractivity contribution in [1.29, 1.82) is 0 Å². The van der Waals surface area contributed by atoms with E-state index < -0.39 is 0 Å². The minimum absolute atomic E-state index is 0.183. The van der Waals surface area contributed by atoms with Crippen LogP contribution >= 0.6 is 0 Å². The van der Waals surface area contributed by atoms with E-state index >= 15 is 0 Å². The van der Waals surface area contributed by atoms with Gasteiger partial charge in [-0.2, -0.15) is 5.10 Å². The Morgan fingerprint density at radius 2 is 1.80 bits per heavy atom. The first kappa shape index (κ1) is 29.3. The zero-order chi connectivity index (χ0) is 31.1. The van der Waals surface area contributed by atoms with Crippen LogP contribution in [0.1, 0.15) is 59.4 Å². The quantitative estimate of drug-likeness (QED) is 0.262. The lowest BCUT2D eigenvalue weighted by Gasteiger charge is -2.45. The normalized spacial score (nSPS) is 16.2. The van der Waals surface area contributed by atoms with Crippen molar-refractivity contribution in [2.45, 2.75) is 58.4 Å². The number of nitrogens with zero attached hydrogens (tertiary/aromatic N) is 6. The molecule has 45 heavy (non-hydrogen) atoms. The predicted molar refractivity (Wildman–Crippen MR) is 178 cm³/mol. The third kappa shape index (κ3) is 5.41. The van der Waals surface area contributed by atoms with Crippen LogP contribution in [0, 0.1) is 0 Å². The molecule has 234 valence electrons. The molecule has 4 heterocycles. The van der Waals surface area contributed by atoms with Gasteiger partial charge in [0.25, 0.3) is 5.91 Å². The largest absolute Gasteiger partial charge is 0.494 e. The molecule has 0 radical (unpaired) electrons. The second-order valence-electron chi connectivity index (χ2n) is 12.3. The summed E-state index contributed by atoms with van der Waals surface area (Å²) in [4.78, 5) is 28.3. The zero-order valence-corrected chi connectivity index (χ0v) is 26.7. The van der Waals surface area contributed by atoms with Gasteiger partial charge in [0.1, 0.15) is 5.75 Å². The second kappa shape index (κ2) is 12.2. The van der Waals surface area contributed by atoms with Crippen LogP contribution in [0.2, 0.25) is 0 Å². The Balaban J connectivity index is 1.12. The third-order valence-corrected chi connectivity index (χ3v) is 9.65. The minimum atomic E-state index is -0.183. The highest BCUT2D eigenvalue weighted by Gasteiger charge is 2.34. The Labute approximate surface area is 264 Å². The van der Waals surface area contributed by atoms with Gasteiger partial charge >= 0.3 is 0 Å². The Bertz CT molecular complexity index is 1710. The number of amides is 1. The number of methoxy groups -OCH3 is 1. The van der Waals surface area contributed by atoms with Crippen molar-refractivity contribution in [3.8, 4) is 17.1 Å². The van der Waals surface area contributed by atoms with Crippen LogP contribution in [0.4, 0.5) is 23.0 Å². The number of hydrogen-bond acceptors (Lipinski definition) is 8. The van der Waals surface area contributed by atoms with Crippen molar-refractivity contribution in [3.63, 3.8) is 0 Å². The van der Waals surface area contributed by atoms with Crippen molar-refractivity contribution in [1.82, 2.24) is 24.6 Å². The summed E-state index contributed by atoms with van der Waals surface area (Å²) in [5.74, 6) is 1.04. The van der Waals surface area contributed by atoms with Gasteiger partial charge in [-0.25, -0.2) is 9.97 Å². The molecule has 4 aromatic rings. The molecule has 7 rings (SSSR count). The second-order valence-corrected chi connectivity index (χ2v) is 12.3. The van der Waals surface area contributed by atoms with Crippen LogP contribution in [0.15, 0.2) is 42.6 Å². The maximum Gasteiger partial charge on any atom is 0.276 e. The Kier molecular flexibility index (Phi) is 7.91. The molecule has 2 N–H and O–H groups in total. The van der Waals surface area contributed by atoms with E-state index in [4.69, 9.17) is 14.8 Å². The number of ether oxygens (including phenoxy) is 1. The van der Waals surface area contributed by atoms with E-state index in [0.717, 1.165) is 88.8 Å². The molecule has 10 heteroatoms. The highest BCUT2D eigenvalue weighted by Crippen LogP contribution is 2.37. The van der Waals surface area contributed by atoms with Crippen LogP contribution in [-0.2, 0) is 32.7 Å². The number of para-hydroxylation sites is 1. The number of aryl methyl sites for hydroxylation is 4. The number of hydrogen-bond donors (Lipinski definition) is 2. The van der Waals surface area contributed by atoms with E-state index in [-0.39, 0.29) is 5.91 Å². The number of rotatable bonds is 9. The average molecular weight is 607 g/mol. The summed E-state index contributed by atoms with van der Waals surface area (Å²) in [6, 6.07) is 13.1. The molecule has 0 bridgehead atoms. The van der Waals surface area contributed by atoms with E-state index in [1.54, 1.807) is 11.8 Å². The van der Waals surface area contributed by atoms with Gasteiger partial charge in [-0.15, -0.1) is 0 Å². The minimum Gasteiger partial charge on any atom is -0.494 e. The molecule has 0 spiro atoms. The molecule has 2 fully saturated rings. The first-order valence-electron chi connectivity index (χ1n) is 16.3. The monoisotopic (exact) mass is 606 g/mol. The van der Waals surface area contributed by atoms with E-state index in [2.05, 4.69) is 69.6 Å². The van der Waals surface area contributed by atoms with Crippen LogP contribution < -0.4 is 20.3 Å². The number of likely N-dealkylation sites (tertiary alicyclic amines) is 1. The smallest absolute Gasteiger partial charge is 0.276 e. The highest BCUT2D eigenvalue weighted by atomic mass is 16.5. The molecule has 10 nitrogen and oxygen atoms in total. The number of benzene rings is 2.